The van der Waals surface area contributed by atoms with E-state index in [0.717, 1.165) is 6.07 Å². The topological polar surface area (TPSA) is 115 Å². The first-order valence-corrected chi connectivity index (χ1v) is 11.4. The van der Waals surface area contributed by atoms with E-state index in [9.17, 15) is 22.8 Å². The SMILES string of the molecule is CCOc1cc(-c2ccc(NC(=O)Nc3ccc(OC4(C)COC4)c(C(F)(F)F)c3)c(C)n2)c[nH]c1=O. The highest BCUT2D eigenvalue weighted by Gasteiger charge is 2.40. The number of alkyl halides is 3. The van der Waals surface area contributed by atoms with E-state index in [1.165, 1.54) is 18.3 Å². The molecular formula is C25H25F3N4O5. The van der Waals surface area contributed by atoms with Crippen molar-refractivity contribution in [2.24, 2.45) is 0 Å². The largest absolute Gasteiger partial charge is 0.488 e. The number of ether oxygens (including phenoxy) is 3. The molecule has 1 aliphatic rings. The van der Waals surface area contributed by atoms with Gasteiger partial charge in [0.15, 0.2) is 11.4 Å². The number of pyridine rings is 2. The molecule has 1 aromatic carbocycles. The Hall–Kier alpha value is -4.06. The van der Waals surface area contributed by atoms with Gasteiger partial charge in [-0.3, -0.25) is 9.78 Å². The summed E-state index contributed by atoms with van der Waals surface area (Å²) in [6.45, 7) is 5.78. The van der Waals surface area contributed by atoms with E-state index in [-0.39, 0.29) is 36.0 Å². The molecule has 3 heterocycles. The Bertz CT molecular complexity index is 1370. The average Bonchev–Trinajstić information content (AvgIpc) is 2.81. The molecule has 0 unspecified atom stereocenters. The van der Waals surface area contributed by atoms with Crippen LogP contribution in [0.15, 0.2) is 47.4 Å². The second kappa shape index (κ2) is 10.1. The quantitative estimate of drug-likeness (QED) is 0.407. The predicted molar refractivity (Wildman–Crippen MR) is 130 cm³/mol. The van der Waals surface area contributed by atoms with Crippen LogP contribution in [0.4, 0.5) is 29.3 Å². The summed E-state index contributed by atoms with van der Waals surface area (Å²) in [7, 11) is 0. The summed E-state index contributed by atoms with van der Waals surface area (Å²) >= 11 is 0. The molecule has 1 saturated heterocycles. The Kier molecular flexibility index (Phi) is 7.12. The van der Waals surface area contributed by atoms with Gasteiger partial charge < -0.3 is 29.8 Å². The van der Waals surface area contributed by atoms with Crippen molar-refractivity contribution in [3.63, 3.8) is 0 Å². The molecule has 2 aromatic heterocycles. The molecule has 9 nitrogen and oxygen atoms in total. The molecule has 37 heavy (non-hydrogen) atoms. The van der Waals surface area contributed by atoms with Crippen LogP contribution >= 0.6 is 0 Å². The van der Waals surface area contributed by atoms with Crippen LogP contribution in [0.25, 0.3) is 11.3 Å². The van der Waals surface area contributed by atoms with Crippen molar-refractivity contribution in [1.82, 2.24) is 9.97 Å². The Morgan fingerprint density at radius 2 is 1.92 bits per heavy atom. The molecule has 0 saturated carbocycles. The second-order valence-corrected chi connectivity index (χ2v) is 8.68. The van der Waals surface area contributed by atoms with Gasteiger partial charge in [0.05, 0.1) is 42.5 Å². The van der Waals surface area contributed by atoms with Crippen LogP contribution in [0.2, 0.25) is 0 Å². The number of nitrogens with one attached hydrogen (secondary N) is 3. The molecule has 0 spiro atoms. The van der Waals surface area contributed by atoms with Crippen LogP contribution in [0.3, 0.4) is 0 Å². The highest BCUT2D eigenvalue weighted by molar-refractivity contribution is 6.00. The van der Waals surface area contributed by atoms with Crippen molar-refractivity contribution in [1.29, 1.82) is 0 Å². The van der Waals surface area contributed by atoms with Crippen molar-refractivity contribution >= 4 is 17.4 Å². The van der Waals surface area contributed by atoms with Gasteiger partial charge in [0, 0.05) is 17.4 Å². The summed E-state index contributed by atoms with van der Waals surface area (Å²) in [5.41, 5.74) is -0.334. The van der Waals surface area contributed by atoms with Crippen molar-refractivity contribution in [3.8, 4) is 22.8 Å². The molecule has 0 atom stereocenters. The molecule has 4 rings (SSSR count). The van der Waals surface area contributed by atoms with E-state index >= 15 is 0 Å². The third-order valence-electron chi connectivity index (χ3n) is 5.51. The maximum absolute atomic E-state index is 13.7. The molecule has 196 valence electrons. The first-order valence-electron chi connectivity index (χ1n) is 11.4. The van der Waals surface area contributed by atoms with Crippen LogP contribution < -0.4 is 25.7 Å². The molecule has 3 aromatic rings. The number of aromatic nitrogens is 2. The molecule has 0 aliphatic carbocycles. The molecule has 12 heteroatoms. The van der Waals surface area contributed by atoms with Gasteiger partial charge in [-0.1, -0.05) is 0 Å². The second-order valence-electron chi connectivity index (χ2n) is 8.68. The lowest BCUT2D eigenvalue weighted by molar-refractivity contribution is -0.160. The number of benzene rings is 1. The number of aromatic amines is 1. The maximum Gasteiger partial charge on any atom is 0.420 e. The minimum absolute atomic E-state index is 0.0638. The summed E-state index contributed by atoms with van der Waals surface area (Å²) in [4.78, 5) is 31.4. The summed E-state index contributed by atoms with van der Waals surface area (Å²) in [6, 6.07) is 7.36. The summed E-state index contributed by atoms with van der Waals surface area (Å²) < 4.78 is 56.8. The van der Waals surface area contributed by atoms with E-state index in [1.807, 2.05) is 0 Å². The number of amides is 2. The lowest BCUT2D eigenvalue weighted by atomic mass is 10.0. The number of hydrogen-bond donors (Lipinski definition) is 3. The van der Waals surface area contributed by atoms with E-state index in [2.05, 4.69) is 20.6 Å². The van der Waals surface area contributed by atoms with E-state index in [4.69, 9.17) is 14.2 Å². The third kappa shape index (κ3) is 6.02. The van der Waals surface area contributed by atoms with E-state index < -0.39 is 23.4 Å². The number of halogens is 3. The van der Waals surface area contributed by atoms with Gasteiger partial charge in [0.2, 0.25) is 0 Å². The fraction of sp³-hybridized carbons (Fsp3) is 0.320. The normalized spacial score (nSPS) is 14.4. The lowest BCUT2D eigenvalue weighted by Gasteiger charge is -2.38. The van der Waals surface area contributed by atoms with Crippen LogP contribution in [0, 0.1) is 6.92 Å². The highest BCUT2D eigenvalue weighted by atomic mass is 19.4. The number of aryl methyl sites for hydroxylation is 1. The molecule has 1 fully saturated rings. The highest BCUT2D eigenvalue weighted by Crippen LogP contribution is 2.40. The van der Waals surface area contributed by atoms with Crippen molar-refractivity contribution in [2.45, 2.75) is 32.5 Å². The van der Waals surface area contributed by atoms with Crippen molar-refractivity contribution in [2.75, 3.05) is 30.5 Å². The monoisotopic (exact) mass is 518 g/mol. The zero-order valence-electron chi connectivity index (χ0n) is 20.3. The zero-order valence-corrected chi connectivity index (χ0v) is 20.3. The minimum Gasteiger partial charge on any atom is -0.488 e. The van der Waals surface area contributed by atoms with Gasteiger partial charge >= 0.3 is 12.2 Å². The summed E-state index contributed by atoms with van der Waals surface area (Å²) in [5.74, 6) is -0.180. The number of rotatable bonds is 7. The number of H-pyrrole nitrogens is 1. The van der Waals surface area contributed by atoms with Gasteiger partial charge in [0.25, 0.3) is 5.56 Å². The fourth-order valence-electron chi connectivity index (χ4n) is 3.64. The number of urea groups is 1. The molecule has 1 aliphatic heterocycles. The van der Waals surface area contributed by atoms with Gasteiger partial charge in [-0.25, -0.2) is 4.79 Å². The van der Waals surface area contributed by atoms with Gasteiger partial charge in [-0.15, -0.1) is 0 Å². The first kappa shape index (κ1) is 26.0. The smallest absolute Gasteiger partial charge is 0.420 e. The molecule has 0 bridgehead atoms. The van der Waals surface area contributed by atoms with Crippen LogP contribution in [-0.4, -0.2) is 41.4 Å². The van der Waals surface area contributed by atoms with Gasteiger partial charge in [-0.2, -0.15) is 13.2 Å². The van der Waals surface area contributed by atoms with E-state index in [1.54, 1.807) is 39.0 Å². The first-order chi connectivity index (χ1) is 17.5. The Labute approximate surface area is 210 Å². The fourth-order valence-corrected chi connectivity index (χ4v) is 3.64. The Morgan fingerprint density at radius 3 is 2.54 bits per heavy atom. The molecular weight excluding hydrogens is 493 g/mol. The van der Waals surface area contributed by atoms with Crippen LogP contribution in [0.1, 0.15) is 25.1 Å². The van der Waals surface area contributed by atoms with Gasteiger partial charge in [0.1, 0.15) is 5.75 Å². The van der Waals surface area contributed by atoms with E-state index in [0.29, 0.717) is 29.2 Å². The number of anilines is 2. The summed E-state index contributed by atoms with van der Waals surface area (Å²) in [6.07, 6.45) is -3.19. The standard InChI is InChI=1S/C25H25F3N4O5/c1-4-36-21-9-15(11-29-22(21)33)19-7-6-18(14(2)30-19)32-23(34)31-16-5-8-20(17(10-16)25(26,27)28)37-24(3)12-35-13-24/h5-11H,4,12-13H2,1-3H3,(H,29,33)(H2,31,32,34). The van der Waals surface area contributed by atoms with Crippen molar-refractivity contribution < 1.29 is 32.2 Å². The molecule has 0 radical (unpaired) electrons. The average molecular weight is 518 g/mol. The number of nitrogens with zero attached hydrogens (tertiary/aromatic N) is 1. The summed E-state index contributed by atoms with van der Waals surface area (Å²) in [5, 5.41) is 4.99. The Balaban J connectivity index is 1.48. The number of hydrogen-bond acceptors (Lipinski definition) is 6. The Morgan fingerprint density at radius 1 is 1.16 bits per heavy atom. The maximum atomic E-state index is 13.7. The zero-order chi connectivity index (χ0) is 26.8. The van der Waals surface area contributed by atoms with Gasteiger partial charge in [-0.05, 0) is 57.2 Å². The van der Waals surface area contributed by atoms with Crippen molar-refractivity contribution in [3.05, 3.63) is 64.2 Å². The number of carbonyl (C=O) groups is 1. The minimum atomic E-state index is -4.69. The lowest BCUT2D eigenvalue weighted by Crippen LogP contribution is -2.51. The number of carbonyl (C=O) groups excluding carboxylic acids is 1. The molecule has 2 amide bonds. The van der Waals surface area contributed by atoms with Crippen LogP contribution in [0.5, 0.6) is 11.5 Å². The van der Waals surface area contributed by atoms with Crippen LogP contribution in [-0.2, 0) is 10.9 Å². The third-order valence-corrected chi connectivity index (χ3v) is 5.51. The molecule has 3 N–H and O–H groups in total. The predicted octanol–water partition coefficient (Wildman–Crippen LogP) is 4.97.